The molecule has 74 valence electrons. The summed E-state index contributed by atoms with van der Waals surface area (Å²) in [4.78, 5) is 0. The third-order valence-corrected chi connectivity index (χ3v) is 1.87. The fourth-order valence-electron chi connectivity index (χ4n) is 1.23. The third-order valence-electron chi connectivity index (χ3n) is 1.87. The van der Waals surface area contributed by atoms with Crippen molar-refractivity contribution in [1.82, 2.24) is 0 Å². The second-order valence-corrected chi connectivity index (χ2v) is 2.93. The van der Waals surface area contributed by atoms with Crippen LogP contribution >= 0.6 is 0 Å². The van der Waals surface area contributed by atoms with Crippen LogP contribution in [0.4, 0.5) is 0 Å². The van der Waals surface area contributed by atoms with E-state index in [2.05, 4.69) is 11.8 Å². The van der Waals surface area contributed by atoms with Crippen LogP contribution in [0.25, 0.3) is 0 Å². The molecule has 1 fully saturated rings. The van der Waals surface area contributed by atoms with Crippen molar-refractivity contribution in [3.8, 4) is 11.8 Å². The lowest BCUT2D eigenvalue weighted by atomic mass is 10.2. The lowest BCUT2D eigenvalue weighted by molar-refractivity contribution is -0.161. The Morgan fingerprint density at radius 2 is 2.31 bits per heavy atom. The molecule has 1 heterocycles. The molecular weight excluding hydrogens is 168 g/mol. The van der Waals surface area contributed by atoms with E-state index in [9.17, 15) is 0 Å². The average molecular weight is 184 g/mol. The predicted molar refractivity (Wildman–Crippen MR) is 49.0 cm³/mol. The van der Waals surface area contributed by atoms with E-state index >= 15 is 0 Å². The van der Waals surface area contributed by atoms with E-state index < -0.39 is 0 Å². The van der Waals surface area contributed by atoms with Crippen LogP contribution in [0.15, 0.2) is 0 Å². The molecule has 0 unspecified atom stereocenters. The first-order valence-corrected chi connectivity index (χ1v) is 4.73. The van der Waals surface area contributed by atoms with Crippen molar-refractivity contribution in [2.24, 2.45) is 0 Å². The monoisotopic (exact) mass is 184 g/mol. The molecule has 13 heavy (non-hydrogen) atoms. The third kappa shape index (κ3) is 4.89. The summed E-state index contributed by atoms with van der Waals surface area (Å²) in [7, 11) is 0. The van der Waals surface area contributed by atoms with Gasteiger partial charge < -0.3 is 14.6 Å². The van der Waals surface area contributed by atoms with Gasteiger partial charge in [-0.2, -0.15) is 0 Å². The molecule has 1 N–H and O–H groups in total. The first-order valence-electron chi connectivity index (χ1n) is 4.73. The smallest absolute Gasteiger partial charge is 0.157 e. The van der Waals surface area contributed by atoms with Crippen LogP contribution in [-0.2, 0) is 9.47 Å². The Morgan fingerprint density at radius 1 is 1.38 bits per heavy atom. The van der Waals surface area contributed by atoms with Gasteiger partial charge in [0.05, 0.1) is 6.61 Å². The molecule has 3 heteroatoms. The minimum Gasteiger partial charge on any atom is -0.384 e. The van der Waals surface area contributed by atoms with Crippen LogP contribution < -0.4 is 0 Å². The molecule has 0 amide bonds. The topological polar surface area (TPSA) is 38.7 Å². The van der Waals surface area contributed by atoms with Gasteiger partial charge in [0.25, 0.3) is 0 Å². The maximum absolute atomic E-state index is 8.38. The standard InChI is InChI=1S/C10H16O3/c11-7-3-1-4-8-12-10-6-2-5-9-13-10/h10-11H,2,4-9H2/t10-/m1/s1. The van der Waals surface area contributed by atoms with Gasteiger partial charge in [0.15, 0.2) is 6.29 Å². The van der Waals surface area contributed by atoms with Gasteiger partial charge in [-0.3, -0.25) is 0 Å². The van der Waals surface area contributed by atoms with E-state index in [0.29, 0.717) is 13.0 Å². The molecule has 0 radical (unpaired) electrons. The van der Waals surface area contributed by atoms with E-state index in [4.69, 9.17) is 14.6 Å². The van der Waals surface area contributed by atoms with E-state index in [0.717, 1.165) is 19.4 Å². The van der Waals surface area contributed by atoms with Crippen LogP contribution in [0.5, 0.6) is 0 Å². The Labute approximate surface area is 79.0 Å². The summed E-state index contributed by atoms with van der Waals surface area (Å²) in [6, 6.07) is 0. The largest absolute Gasteiger partial charge is 0.384 e. The zero-order valence-electron chi connectivity index (χ0n) is 7.79. The molecule has 0 saturated carbocycles. The van der Waals surface area contributed by atoms with Gasteiger partial charge in [-0.25, -0.2) is 0 Å². The molecule has 0 aromatic rings. The Morgan fingerprint density at radius 3 is 3.00 bits per heavy atom. The lowest BCUT2D eigenvalue weighted by Gasteiger charge is -2.22. The van der Waals surface area contributed by atoms with Crippen molar-refractivity contribution in [3.05, 3.63) is 0 Å². The second kappa shape index (κ2) is 6.90. The minimum atomic E-state index is -0.0695. The van der Waals surface area contributed by atoms with Gasteiger partial charge in [0.2, 0.25) is 0 Å². The summed E-state index contributed by atoms with van der Waals surface area (Å²) in [6.07, 6.45) is 3.97. The van der Waals surface area contributed by atoms with E-state index in [1.807, 2.05) is 0 Å². The van der Waals surface area contributed by atoms with Crippen molar-refractivity contribution in [2.45, 2.75) is 32.0 Å². The van der Waals surface area contributed by atoms with Crippen LogP contribution in [-0.4, -0.2) is 31.2 Å². The highest BCUT2D eigenvalue weighted by molar-refractivity contribution is 4.98. The summed E-state index contributed by atoms with van der Waals surface area (Å²) < 4.78 is 10.8. The normalized spacial score (nSPS) is 22.1. The van der Waals surface area contributed by atoms with Gasteiger partial charge in [-0.05, 0) is 19.3 Å². The molecule has 1 aliphatic rings. The molecule has 0 spiro atoms. The van der Waals surface area contributed by atoms with E-state index in [-0.39, 0.29) is 12.9 Å². The van der Waals surface area contributed by atoms with E-state index in [1.165, 1.54) is 6.42 Å². The minimum absolute atomic E-state index is 0.0234. The Balaban J connectivity index is 1.98. The molecule has 0 bridgehead atoms. The van der Waals surface area contributed by atoms with Gasteiger partial charge in [0.1, 0.15) is 6.61 Å². The van der Waals surface area contributed by atoms with Crippen molar-refractivity contribution >= 4 is 0 Å². The molecule has 3 nitrogen and oxygen atoms in total. The summed E-state index contributed by atoms with van der Waals surface area (Å²) in [5.74, 6) is 5.36. The van der Waals surface area contributed by atoms with Crippen LogP contribution in [0.1, 0.15) is 25.7 Å². The number of rotatable bonds is 3. The number of ether oxygens (including phenoxy) is 2. The lowest BCUT2D eigenvalue weighted by Crippen LogP contribution is -2.22. The number of aliphatic hydroxyl groups is 1. The molecule has 0 aromatic carbocycles. The Bertz CT molecular complexity index is 174. The fraction of sp³-hybridized carbons (Fsp3) is 0.800. The molecule has 1 rings (SSSR count). The van der Waals surface area contributed by atoms with Crippen LogP contribution in [0.2, 0.25) is 0 Å². The second-order valence-electron chi connectivity index (χ2n) is 2.93. The number of hydrogen-bond donors (Lipinski definition) is 1. The van der Waals surface area contributed by atoms with Gasteiger partial charge >= 0.3 is 0 Å². The molecule has 1 aliphatic heterocycles. The van der Waals surface area contributed by atoms with E-state index in [1.54, 1.807) is 0 Å². The van der Waals surface area contributed by atoms with Crippen molar-refractivity contribution in [3.63, 3.8) is 0 Å². The first-order chi connectivity index (χ1) is 6.43. The molecular formula is C10H16O3. The van der Waals surface area contributed by atoms with Gasteiger partial charge in [-0.15, -0.1) is 0 Å². The quantitative estimate of drug-likeness (QED) is 0.523. The highest BCUT2D eigenvalue weighted by Gasteiger charge is 2.12. The molecule has 1 saturated heterocycles. The molecule has 0 aliphatic carbocycles. The maximum atomic E-state index is 8.38. The number of hydrogen-bond acceptors (Lipinski definition) is 3. The fourth-order valence-corrected chi connectivity index (χ4v) is 1.23. The van der Waals surface area contributed by atoms with Crippen LogP contribution in [0.3, 0.4) is 0 Å². The Kier molecular flexibility index (Phi) is 5.59. The SMILES string of the molecule is OCC#CCCO[C@H]1CCCCO1. The summed E-state index contributed by atoms with van der Waals surface area (Å²) in [6.45, 7) is 1.34. The highest BCUT2D eigenvalue weighted by Crippen LogP contribution is 2.13. The summed E-state index contributed by atoms with van der Waals surface area (Å²) in [5, 5.41) is 8.38. The summed E-state index contributed by atoms with van der Waals surface area (Å²) >= 11 is 0. The Hall–Kier alpha value is -0.560. The van der Waals surface area contributed by atoms with Crippen LogP contribution in [0, 0.1) is 11.8 Å². The highest BCUT2D eigenvalue weighted by atomic mass is 16.7. The van der Waals surface area contributed by atoms with Crippen molar-refractivity contribution in [1.29, 1.82) is 0 Å². The maximum Gasteiger partial charge on any atom is 0.157 e. The summed E-state index contributed by atoms with van der Waals surface area (Å²) in [5.41, 5.74) is 0. The predicted octanol–water partition coefficient (Wildman–Crippen LogP) is 0.915. The zero-order chi connectivity index (χ0) is 9.36. The molecule has 1 atom stereocenters. The first kappa shape index (κ1) is 10.5. The molecule has 0 aromatic heterocycles. The average Bonchev–Trinajstić information content (AvgIpc) is 2.19. The van der Waals surface area contributed by atoms with Gasteiger partial charge in [-0.1, -0.05) is 11.8 Å². The number of aliphatic hydroxyl groups excluding tert-OH is 1. The van der Waals surface area contributed by atoms with Crippen molar-refractivity contribution < 1.29 is 14.6 Å². The van der Waals surface area contributed by atoms with Gasteiger partial charge in [0, 0.05) is 13.0 Å². The zero-order valence-corrected chi connectivity index (χ0v) is 7.79. The van der Waals surface area contributed by atoms with Crippen molar-refractivity contribution in [2.75, 3.05) is 19.8 Å².